The van der Waals surface area contributed by atoms with Crippen LogP contribution in [0.1, 0.15) is 27.7 Å². The Kier molecular flexibility index (Phi) is 19.1. The first-order chi connectivity index (χ1) is 55.9. The first-order valence-corrected chi connectivity index (χ1v) is 40.5. The molecule has 7 heterocycles. The van der Waals surface area contributed by atoms with E-state index >= 15 is 0 Å². The number of benzene rings is 14. The van der Waals surface area contributed by atoms with Crippen LogP contribution in [0.15, 0.2) is 388 Å². The molecule has 0 radical (unpaired) electrons. The van der Waals surface area contributed by atoms with Gasteiger partial charge in [-0.2, -0.15) is 0 Å². The minimum atomic E-state index is -0.408. The average Bonchev–Trinajstić information content (AvgIpc) is 1.57. The van der Waals surface area contributed by atoms with Gasteiger partial charge in [-0.25, -0.2) is 29.9 Å². The van der Waals surface area contributed by atoms with Crippen molar-refractivity contribution in [1.29, 1.82) is 0 Å². The summed E-state index contributed by atoms with van der Waals surface area (Å²) in [6.07, 6.45) is 0. The number of para-hydroxylation sites is 2. The van der Waals surface area contributed by atoms with Gasteiger partial charge in [-0.05, 0) is 134 Å². The van der Waals surface area contributed by atoms with E-state index in [0.717, 1.165) is 65.8 Å². The number of nitrogens with zero attached hydrogens (tertiary/aromatic N) is 8. The average molecular weight is 1570 g/mol. The second kappa shape index (κ2) is 30.4. The Morgan fingerprint density at radius 2 is 0.588 bits per heavy atom. The van der Waals surface area contributed by atoms with Crippen LogP contribution in [0, 0.1) is 0 Å². The van der Waals surface area contributed by atoms with Crippen molar-refractivity contribution in [2.24, 2.45) is 0 Å². The van der Waals surface area contributed by atoms with E-state index in [9.17, 15) is 0 Å². The highest BCUT2D eigenvalue weighted by Crippen LogP contribution is 2.55. The predicted octanol–water partition coefficient (Wildman–Crippen LogP) is 25.6. The summed E-state index contributed by atoms with van der Waals surface area (Å²) >= 11 is 7.21. The van der Waals surface area contributed by atoms with Crippen LogP contribution in [0.25, 0.3) is 157 Å². The van der Waals surface area contributed by atoms with Gasteiger partial charge >= 0.3 is 7.12 Å². The van der Waals surface area contributed by atoms with Gasteiger partial charge in [-0.15, -0.1) is 0 Å². The van der Waals surface area contributed by atoms with Crippen LogP contribution < -0.4 is 5.46 Å². The van der Waals surface area contributed by atoms with Crippen LogP contribution in [-0.2, 0) is 9.31 Å². The SMILES string of the molecule is Brc1cccc(-c2nc(-c3ccccc3)nc(-c3ccccc3)n2)c1.CC1(C)OB(c2cccc(-n3c4c(c5ccccc53)-c3ccccc3Sc3ccccc3-4)c2)OC1(C)C.c1ccc(-c2nc(-c3ccccc3)nc(-c3cccc(-c4cccc(-n5c6c(c7ccccc75)-c5ccccc5Sc5ccccc5-6)c4)c3)n2)cc1. The summed E-state index contributed by atoms with van der Waals surface area (Å²) in [4.78, 5) is 34.0. The zero-order valence-corrected chi connectivity index (χ0v) is 66.0. The van der Waals surface area contributed by atoms with Gasteiger partial charge in [0.1, 0.15) is 0 Å². The quantitative estimate of drug-likeness (QED) is 0.123. The monoisotopic (exact) mass is 1570 g/mol. The maximum Gasteiger partial charge on any atom is 0.494 e. The van der Waals surface area contributed by atoms with Gasteiger partial charge < -0.3 is 18.4 Å². The number of fused-ring (bicyclic) bond motifs is 14. The van der Waals surface area contributed by atoms with E-state index in [-0.39, 0.29) is 11.2 Å². The van der Waals surface area contributed by atoms with Crippen LogP contribution in [-0.4, -0.2) is 57.4 Å². The number of rotatable bonds is 10. The Morgan fingerprint density at radius 1 is 0.281 bits per heavy atom. The molecule has 0 spiro atoms. The zero-order valence-electron chi connectivity index (χ0n) is 62.8. The molecule has 18 aromatic rings. The molecule has 114 heavy (non-hydrogen) atoms. The van der Waals surface area contributed by atoms with Crippen molar-refractivity contribution < 1.29 is 9.31 Å². The van der Waals surface area contributed by atoms with Crippen molar-refractivity contribution in [1.82, 2.24) is 39.0 Å². The summed E-state index contributed by atoms with van der Waals surface area (Å²) in [7, 11) is -0.408. The summed E-state index contributed by atoms with van der Waals surface area (Å²) in [5.41, 5.74) is 22.8. The molecule has 0 unspecified atom stereocenters. The molecule has 0 N–H and O–H groups in total. The van der Waals surface area contributed by atoms with Crippen molar-refractivity contribution in [3.8, 4) is 136 Å². The number of aromatic nitrogens is 8. The standard InChI is InChI=1S/C47H30N4S.C32H28BNO2S.C21H14BrN3/c1-3-15-31(16-4-1)45-48-46(32-17-5-2-6-18-32)50-47(49-45)35-21-13-19-33(29-35)34-20-14-22-36(30-34)51-40-26-10-7-23-37(40)43-38-24-8-11-27-41(38)52-42-28-12-9-25-39(42)44(43)51;1-31(2)32(3,4)36-33(35-31)21-12-11-13-22(20-21)34-26-17-8-5-14-23(26)29-24-15-6-9-18-27(24)37-28-19-10-7-16-25(28)30(29)34;22-18-13-7-12-17(14-18)21-24-19(15-8-3-1-4-9-15)23-20(25-21)16-10-5-2-6-11-16/h1-30H;5-20H,1-4H3;1-14H. The molecular weight excluding hydrogens is 1500 g/mol. The van der Waals surface area contributed by atoms with Crippen LogP contribution in [0.3, 0.4) is 0 Å². The van der Waals surface area contributed by atoms with E-state index in [0.29, 0.717) is 34.9 Å². The molecule has 0 atom stereocenters. The first kappa shape index (κ1) is 71.6. The van der Waals surface area contributed by atoms with Gasteiger partial charge in [0.2, 0.25) is 0 Å². The fourth-order valence-electron chi connectivity index (χ4n) is 15.3. The molecule has 0 amide bonds. The van der Waals surface area contributed by atoms with Gasteiger partial charge in [0.15, 0.2) is 34.9 Å². The van der Waals surface area contributed by atoms with Gasteiger partial charge in [0, 0.05) is 102 Å². The maximum absolute atomic E-state index is 6.41. The van der Waals surface area contributed by atoms with Crippen LogP contribution >= 0.6 is 39.5 Å². The summed E-state index contributed by atoms with van der Waals surface area (Å²) in [5.74, 6) is 3.94. The molecule has 3 aliphatic heterocycles. The highest BCUT2D eigenvalue weighted by atomic mass is 79.9. The van der Waals surface area contributed by atoms with Crippen molar-refractivity contribution in [2.75, 3.05) is 0 Å². The van der Waals surface area contributed by atoms with Crippen molar-refractivity contribution >= 4 is 73.8 Å². The fraction of sp³-hybridized carbons (Fsp3) is 0.0600. The lowest BCUT2D eigenvalue weighted by atomic mass is 9.79. The Hall–Kier alpha value is -12.7. The minimum Gasteiger partial charge on any atom is -0.399 e. The fourth-order valence-corrected chi connectivity index (χ4v) is 17.9. The Balaban J connectivity index is 0.000000123. The highest BCUT2D eigenvalue weighted by Gasteiger charge is 2.52. The van der Waals surface area contributed by atoms with Crippen molar-refractivity contribution in [3.63, 3.8) is 0 Å². The summed E-state index contributed by atoms with van der Waals surface area (Å²) in [6, 6.07) is 127. The van der Waals surface area contributed by atoms with E-state index in [4.69, 9.17) is 34.2 Å². The minimum absolute atomic E-state index is 0.384. The van der Waals surface area contributed by atoms with E-state index in [1.807, 2.05) is 169 Å². The zero-order chi connectivity index (χ0) is 76.9. The highest BCUT2D eigenvalue weighted by molar-refractivity contribution is 9.10. The lowest BCUT2D eigenvalue weighted by Gasteiger charge is -2.32. The lowest BCUT2D eigenvalue weighted by molar-refractivity contribution is 0.00578. The molecule has 10 nitrogen and oxygen atoms in total. The third-order valence-electron chi connectivity index (χ3n) is 21.5. The topological polar surface area (TPSA) is 106 Å². The third-order valence-corrected chi connectivity index (χ3v) is 24.3. The van der Waals surface area contributed by atoms with Gasteiger partial charge in [-0.1, -0.05) is 325 Å². The first-order valence-electron chi connectivity index (χ1n) is 38.1. The number of hydrogen-bond acceptors (Lipinski definition) is 10. The largest absolute Gasteiger partial charge is 0.494 e. The van der Waals surface area contributed by atoms with Crippen molar-refractivity contribution in [3.05, 3.63) is 368 Å². The van der Waals surface area contributed by atoms with E-state index in [1.54, 1.807) is 0 Å². The summed E-state index contributed by atoms with van der Waals surface area (Å²) in [5, 5.41) is 2.50. The Morgan fingerprint density at radius 3 is 1.02 bits per heavy atom. The van der Waals surface area contributed by atoms with Gasteiger partial charge in [-0.3, -0.25) is 0 Å². The second-order valence-electron chi connectivity index (χ2n) is 29.2. The van der Waals surface area contributed by atoms with E-state index < -0.39 is 7.12 Å². The van der Waals surface area contributed by atoms with E-state index in [1.165, 1.54) is 86.2 Å². The van der Waals surface area contributed by atoms with Crippen LogP contribution in [0.4, 0.5) is 0 Å². The summed E-state index contributed by atoms with van der Waals surface area (Å²) < 4.78 is 18.7. The predicted molar refractivity (Wildman–Crippen MR) is 471 cm³/mol. The molecule has 1 saturated heterocycles. The maximum atomic E-state index is 6.41. The van der Waals surface area contributed by atoms with E-state index in [2.05, 4.69) is 276 Å². The third kappa shape index (κ3) is 13.8. The molecule has 0 bridgehead atoms. The summed E-state index contributed by atoms with van der Waals surface area (Å²) in [6.45, 7) is 8.40. The molecule has 14 heteroatoms. The smallest absolute Gasteiger partial charge is 0.399 e. The molecule has 546 valence electrons. The van der Waals surface area contributed by atoms with Crippen LogP contribution in [0.2, 0.25) is 0 Å². The molecule has 1 fully saturated rings. The molecule has 21 rings (SSSR count). The molecule has 3 aliphatic rings. The lowest BCUT2D eigenvalue weighted by Crippen LogP contribution is -2.41. The normalized spacial score (nSPS) is 13.3. The molecular formula is C100H72BBrN8O2S2. The molecule has 0 saturated carbocycles. The Bertz CT molecular complexity index is 6540. The van der Waals surface area contributed by atoms with Crippen molar-refractivity contribution in [2.45, 2.75) is 58.5 Å². The van der Waals surface area contributed by atoms with Gasteiger partial charge in [0.25, 0.3) is 0 Å². The molecule has 0 aliphatic carbocycles. The molecule has 4 aromatic heterocycles. The van der Waals surface area contributed by atoms with Gasteiger partial charge in [0.05, 0.1) is 33.6 Å². The Labute approximate surface area is 679 Å². The van der Waals surface area contributed by atoms with Crippen LogP contribution in [0.5, 0.6) is 0 Å². The second-order valence-corrected chi connectivity index (χ2v) is 32.3. The molecule has 14 aromatic carbocycles. The number of halogens is 1. The number of hydrogen-bond donors (Lipinski definition) is 0.